The molecule has 1 N–H and O–H groups in total. The van der Waals surface area contributed by atoms with Crippen molar-refractivity contribution in [3.63, 3.8) is 0 Å². The molecule has 5 nitrogen and oxygen atoms in total. The lowest BCUT2D eigenvalue weighted by Gasteiger charge is -2.31. The first-order chi connectivity index (χ1) is 7.77. The predicted molar refractivity (Wildman–Crippen MR) is 59.7 cm³/mol. The Morgan fingerprint density at radius 3 is 3.12 bits per heavy atom. The fraction of sp³-hybridized carbons (Fsp3) is 0.818. The Balaban J connectivity index is 2.23. The summed E-state index contributed by atoms with van der Waals surface area (Å²) in [5.41, 5.74) is 0. The second kappa shape index (κ2) is 7.20. The van der Waals surface area contributed by atoms with Gasteiger partial charge in [0.05, 0.1) is 12.7 Å². The molecule has 0 aromatic heterocycles. The molecule has 0 aromatic carbocycles. The topological polar surface area (TPSA) is 65.4 Å². The molecule has 1 atom stereocenters. The van der Waals surface area contributed by atoms with Gasteiger partial charge in [-0.25, -0.2) is 0 Å². The van der Waals surface area contributed by atoms with Crippen LogP contribution in [0.1, 0.15) is 19.3 Å². The van der Waals surface area contributed by atoms with Crippen LogP contribution in [0.15, 0.2) is 0 Å². The molecule has 0 aliphatic carbocycles. The van der Waals surface area contributed by atoms with Crippen LogP contribution in [-0.4, -0.2) is 50.2 Å². The van der Waals surface area contributed by atoms with Gasteiger partial charge >= 0.3 is 0 Å². The number of morpholine rings is 1. The SMILES string of the molecule is CNC(=O)[C@@H]1CN(CCCCC#N)CCO1. The Bertz CT molecular complexity index is 262. The Hall–Kier alpha value is -1.12. The highest BCUT2D eigenvalue weighted by Gasteiger charge is 2.25. The standard InChI is InChI=1S/C11H19N3O2/c1-13-11(15)10-9-14(7-8-16-10)6-4-2-3-5-12/h10H,2-4,6-9H2,1H3,(H,13,15)/t10-/m0/s1. The van der Waals surface area contributed by atoms with Crippen LogP contribution in [0, 0.1) is 11.3 Å². The molecule has 0 radical (unpaired) electrons. The monoisotopic (exact) mass is 225 g/mol. The molecule has 0 aromatic rings. The van der Waals surface area contributed by atoms with Gasteiger partial charge in [0, 0.05) is 26.6 Å². The van der Waals surface area contributed by atoms with E-state index in [1.54, 1.807) is 7.05 Å². The zero-order valence-corrected chi connectivity index (χ0v) is 9.74. The molecule has 0 spiro atoms. The number of nitrogens with zero attached hydrogens (tertiary/aromatic N) is 2. The van der Waals surface area contributed by atoms with E-state index in [2.05, 4.69) is 16.3 Å². The van der Waals surface area contributed by atoms with Crippen LogP contribution in [0.25, 0.3) is 0 Å². The summed E-state index contributed by atoms with van der Waals surface area (Å²) in [4.78, 5) is 13.6. The Kier molecular flexibility index (Phi) is 5.83. The summed E-state index contributed by atoms with van der Waals surface area (Å²) in [6.07, 6.45) is 2.21. The number of nitrogens with one attached hydrogen (secondary N) is 1. The zero-order valence-electron chi connectivity index (χ0n) is 9.74. The van der Waals surface area contributed by atoms with E-state index in [9.17, 15) is 4.79 Å². The molecule has 0 saturated carbocycles. The van der Waals surface area contributed by atoms with Gasteiger partial charge in [-0.3, -0.25) is 9.69 Å². The number of hydrogen-bond acceptors (Lipinski definition) is 4. The van der Waals surface area contributed by atoms with Crippen molar-refractivity contribution in [2.24, 2.45) is 0 Å². The van der Waals surface area contributed by atoms with Crippen LogP contribution in [0.3, 0.4) is 0 Å². The molecule has 1 rings (SSSR count). The summed E-state index contributed by atoms with van der Waals surface area (Å²) in [7, 11) is 1.62. The Labute approximate surface area is 96.4 Å². The van der Waals surface area contributed by atoms with Crippen molar-refractivity contribution >= 4 is 5.91 Å². The lowest BCUT2D eigenvalue weighted by atomic mass is 10.2. The summed E-state index contributed by atoms with van der Waals surface area (Å²) in [6.45, 7) is 3.08. The maximum absolute atomic E-state index is 11.4. The van der Waals surface area contributed by atoms with Crippen LogP contribution >= 0.6 is 0 Å². The fourth-order valence-electron chi connectivity index (χ4n) is 1.76. The summed E-state index contributed by atoms with van der Waals surface area (Å²) in [5, 5.41) is 11.0. The molecule has 1 aliphatic heterocycles. The number of nitriles is 1. The van der Waals surface area contributed by atoms with E-state index in [1.165, 1.54) is 0 Å². The zero-order chi connectivity index (χ0) is 11.8. The minimum atomic E-state index is -0.338. The highest BCUT2D eigenvalue weighted by Crippen LogP contribution is 2.07. The highest BCUT2D eigenvalue weighted by molar-refractivity contribution is 5.80. The minimum absolute atomic E-state index is 0.0540. The summed E-state index contributed by atoms with van der Waals surface area (Å²) >= 11 is 0. The second-order valence-electron chi connectivity index (χ2n) is 3.89. The van der Waals surface area contributed by atoms with Crippen molar-refractivity contribution in [2.45, 2.75) is 25.4 Å². The molecule has 1 fully saturated rings. The van der Waals surface area contributed by atoms with E-state index in [-0.39, 0.29) is 12.0 Å². The van der Waals surface area contributed by atoms with E-state index in [1.807, 2.05) is 0 Å². The normalized spacial score (nSPS) is 21.4. The van der Waals surface area contributed by atoms with Crippen molar-refractivity contribution in [3.05, 3.63) is 0 Å². The summed E-state index contributed by atoms with van der Waals surface area (Å²) in [6, 6.07) is 2.13. The molecule has 16 heavy (non-hydrogen) atoms. The van der Waals surface area contributed by atoms with E-state index in [0.29, 0.717) is 19.6 Å². The van der Waals surface area contributed by atoms with E-state index >= 15 is 0 Å². The van der Waals surface area contributed by atoms with E-state index < -0.39 is 0 Å². The fourth-order valence-corrected chi connectivity index (χ4v) is 1.76. The van der Waals surface area contributed by atoms with Crippen LogP contribution in [0.5, 0.6) is 0 Å². The largest absolute Gasteiger partial charge is 0.366 e. The lowest BCUT2D eigenvalue weighted by Crippen LogP contribution is -2.49. The molecule has 1 amide bonds. The van der Waals surface area contributed by atoms with Crippen LogP contribution < -0.4 is 5.32 Å². The van der Waals surface area contributed by atoms with E-state index in [0.717, 1.165) is 25.9 Å². The van der Waals surface area contributed by atoms with Gasteiger partial charge in [0.1, 0.15) is 6.10 Å². The molecule has 1 saturated heterocycles. The predicted octanol–water partition coefficient (Wildman–Crippen LogP) is 0.127. The molecule has 1 heterocycles. The first kappa shape index (κ1) is 12.9. The number of hydrogen-bond donors (Lipinski definition) is 1. The number of rotatable bonds is 5. The molecular weight excluding hydrogens is 206 g/mol. The number of ether oxygens (including phenoxy) is 1. The van der Waals surface area contributed by atoms with Gasteiger partial charge in [-0.1, -0.05) is 0 Å². The van der Waals surface area contributed by atoms with Crippen molar-refractivity contribution in [1.82, 2.24) is 10.2 Å². The number of likely N-dealkylation sites (N-methyl/N-ethyl adjacent to an activating group) is 1. The number of unbranched alkanes of at least 4 members (excludes halogenated alkanes) is 2. The van der Waals surface area contributed by atoms with Gasteiger partial charge in [0.2, 0.25) is 5.91 Å². The van der Waals surface area contributed by atoms with Gasteiger partial charge in [0.25, 0.3) is 0 Å². The first-order valence-electron chi connectivity index (χ1n) is 5.70. The summed E-state index contributed by atoms with van der Waals surface area (Å²) < 4.78 is 5.38. The third-order valence-corrected chi connectivity index (χ3v) is 2.70. The lowest BCUT2D eigenvalue weighted by molar-refractivity contribution is -0.138. The average molecular weight is 225 g/mol. The van der Waals surface area contributed by atoms with Crippen LogP contribution in [0.4, 0.5) is 0 Å². The Morgan fingerprint density at radius 1 is 1.62 bits per heavy atom. The van der Waals surface area contributed by atoms with Gasteiger partial charge in [-0.2, -0.15) is 5.26 Å². The number of carbonyl (C=O) groups is 1. The number of amides is 1. The van der Waals surface area contributed by atoms with Crippen molar-refractivity contribution in [1.29, 1.82) is 5.26 Å². The third kappa shape index (κ3) is 4.17. The van der Waals surface area contributed by atoms with Crippen molar-refractivity contribution in [2.75, 3.05) is 33.3 Å². The first-order valence-corrected chi connectivity index (χ1v) is 5.70. The summed E-state index contributed by atoms with van der Waals surface area (Å²) in [5.74, 6) is -0.0540. The molecule has 90 valence electrons. The van der Waals surface area contributed by atoms with Gasteiger partial charge < -0.3 is 10.1 Å². The van der Waals surface area contributed by atoms with Crippen LogP contribution in [-0.2, 0) is 9.53 Å². The van der Waals surface area contributed by atoms with Crippen molar-refractivity contribution < 1.29 is 9.53 Å². The highest BCUT2D eigenvalue weighted by atomic mass is 16.5. The number of carbonyl (C=O) groups excluding carboxylic acids is 1. The second-order valence-corrected chi connectivity index (χ2v) is 3.89. The average Bonchev–Trinajstić information content (AvgIpc) is 2.34. The maximum atomic E-state index is 11.4. The quantitative estimate of drug-likeness (QED) is 0.675. The molecule has 0 unspecified atom stereocenters. The molecule has 0 bridgehead atoms. The Morgan fingerprint density at radius 2 is 2.44 bits per heavy atom. The smallest absolute Gasteiger partial charge is 0.250 e. The van der Waals surface area contributed by atoms with Gasteiger partial charge in [-0.15, -0.1) is 0 Å². The molecular formula is C11H19N3O2. The third-order valence-electron chi connectivity index (χ3n) is 2.70. The van der Waals surface area contributed by atoms with E-state index in [4.69, 9.17) is 10.00 Å². The molecule has 1 aliphatic rings. The van der Waals surface area contributed by atoms with Crippen LogP contribution in [0.2, 0.25) is 0 Å². The van der Waals surface area contributed by atoms with Gasteiger partial charge in [-0.05, 0) is 19.4 Å². The minimum Gasteiger partial charge on any atom is -0.366 e. The molecule has 5 heteroatoms. The van der Waals surface area contributed by atoms with Crippen molar-refractivity contribution in [3.8, 4) is 6.07 Å². The maximum Gasteiger partial charge on any atom is 0.250 e. The van der Waals surface area contributed by atoms with Gasteiger partial charge in [0.15, 0.2) is 0 Å².